The van der Waals surface area contributed by atoms with Crippen LogP contribution in [0.4, 0.5) is 5.82 Å². The second-order valence-corrected chi connectivity index (χ2v) is 6.46. The van der Waals surface area contributed by atoms with Gasteiger partial charge < -0.3 is 15.0 Å². The topological polar surface area (TPSA) is 100 Å². The van der Waals surface area contributed by atoms with Crippen LogP contribution in [-0.2, 0) is 11.8 Å². The molecule has 7 heteroatoms. The number of nitrogens with two attached hydrogens (primary N) is 1. The zero-order valence-corrected chi connectivity index (χ0v) is 15.7. The first-order valence-electron chi connectivity index (χ1n) is 8.97. The zero-order chi connectivity index (χ0) is 20.4. The average molecular weight is 386 g/mol. The van der Waals surface area contributed by atoms with Gasteiger partial charge in [0, 0.05) is 30.3 Å². The standard InChI is InChI=1S/C22H18N4O3/c1-26-16-10-6-5-9-15(16)18(20(26)14-7-3-2-4-8-14)17(27)13-29-22(28)19-21(23)25-12-11-24-19/h2-12H,13H2,1H3,(H2,23,25). The van der Waals surface area contributed by atoms with Crippen LogP contribution in [0.5, 0.6) is 0 Å². The Kier molecular flexibility index (Phi) is 4.78. The molecule has 0 aliphatic carbocycles. The number of ether oxygens (including phenoxy) is 1. The van der Waals surface area contributed by atoms with E-state index >= 15 is 0 Å². The Morgan fingerprint density at radius 1 is 1.00 bits per heavy atom. The summed E-state index contributed by atoms with van der Waals surface area (Å²) in [6, 6.07) is 17.3. The highest BCUT2D eigenvalue weighted by atomic mass is 16.5. The molecule has 0 amide bonds. The van der Waals surface area contributed by atoms with E-state index in [-0.39, 0.29) is 17.3 Å². The third-order valence-electron chi connectivity index (χ3n) is 4.69. The molecule has 0 aliphatic rings. The van der Waals surface area contributed by atoms with Crippen LogP contribution >= 0.6 is 0 Å². The van der Waals surface area contributed by atoms with Gasteiger partial charge in [-0.15, -0.1) is 0 Å². The monoisotopic (exact) mass is 386 g/mol. The molecule has 2 aromatic heterocycles. The van der Waals surface area contributed by atoms with Crippen molar-refractivity contribution in [3.05, 3.63) is 78.2 Å². The van der Waals surface area contributed by atoms with Crippen molar-refractivity contribution in [2.75, 3.05) is 12.3 Å². The summed E-state index contributed by atoms with van der Waals surface area (Å²) in [4.78, 5) is 33.1. The number of carbonyl (C=O) groups excluding carboxylic acids is 2. The highest BCUT2D eigenvalue weighted by Crippen LogP contribution is 2.33. The van der Waals surface area contributed by atoms with E-state index in [9.17, 15) is 9.59 Å². The summed E-state index contributed by atoms with van der Waals surface area (Å²) >= 11 is 0. The molecule has 7 nitrogen and oxygen atoms in total. The normalized spacial score (nSPS) is 10.8. The summed E-state index contributed by atoms with van der Waals surface area (Å²) in [6.07, 6.45) is 2.71. The Morgan fingerprint density at radius 2 is 1.69 bits per heavy atom. The van der Waals surface area contributed by atoms with Gasteiger partial charge in [0.1, 0.15) is 0 Å². The molecule has 0 radical (unpaired) electrons. The van der Waals surface area contributed by atoms with Crippen molar-refractivity contribution in [1.82, 2.24) is 14.5 Å². The number of nitrogens with zero attached hydrogens (tertiary/aromatic N) is 3. The Bertz CT molecular complexity index is 1220. The van der Waals surface area contributed by atoms with Crippen molar-refractivity contribution in [1.29, 1.82) is 0 Å². The Morgan fingerprint density at radius 3 is 2.45 bits per heavy atom. The van der Waals surface area contributed by atoms with Crippen LogP contribution in [0.25, 0.3) is 22.2 Å². The number of benzene rings is 2. The van der Waals surface area contributed by atoms with Gasteiger partial charge in [0.15, 0.2) is 18.1 Å². The van der Waals surface area contributed by atoms with Crippen LogP contribution < -0.4 is 5.73 Å². The highest BCUT2D eigenvalue weighted by molar-refractivity contribution is 6.14. The van der Waals surface area contributed by atoms with E-state index in [1.54, 1.807) is 0 Å². The largest absolute Gasteiger partial charge is 0.452 e. The molecule has 0 spiro atoms. The summed E-state index contributed by atoms with van der Waals surface area (Å²) in [5, 5.41) is 0.800. The number of hydrogen-bond donors (Lipinski definition) is 1. The molecule has 0 fully saturated rings. The number of aromatic nitrogens is 3. The maximum Gasteiger partial charge on any atom is 0.361 e. The molecule has 0 bridgehead atoms. The Balaban J connectivity index is 1.71. The summed E-state index contributed by atoms with van der Waals surface area (Å²) in [5.41, 5.74) is 8.64. The fourth-order valence-electron chi connectivity index (χ4n) is 3.39. The van der Waals surface area contributed by atoms with Crippen LogP contribution in [0, 0.1) is 0 Å². The predicted molar refractivity (Wildman–Crippen MR) is 109 cm³/mol. The van der Waals surface area contributed by atoms with Gasteiger partial charge in [0.05, 0.1) is 11.3 Å². The molecule has 2 heterocycles. The van der Waals surface area contributed by atoms with Gasteiger partial charge in [-0.05, 0) is 11.6 Å². The van der Waals surface area contributed by atoms with E-state index in [0.717, 1.165) is 22.2 Å². The lowest BCUT2D eigenvalue weighted by molar-refractivity contribution is 0.0470. The van der Waals surface area contributed by atoms with E-state index in [1.807, 2.05) is 66.2 Å². The number of fused-ring (bicyclic) bond motifs is 1. The minimum Gasteiger partial charge on any atom is -0.452 e. The second kappa shape index (κ2) is 7.55. The fraction of sp³-hybridized carbons (Fsp3) is 0.0909. The molecular weight excluding hydrogens is 368 g/mol. The van der Waals surface area contributed by atoms with E-state index in [4.69, 9.17) is 10.5 Å². The summed E-state index contributed by atoms with van der Waals surface area (Å²) in [6.45, 7) is -0.428. The van der Waals surface area contributed by atoms with Gasteiger partial charge >= 0.3 is 5.97 Å². The van der Waals surface area contributed by atoms with Gasteiger partial charge in [0.25, 0.3) is 0 Å². The number of carbonyl (C=O) groups is 2. The number of ketones is 1. The first kappa shape index (κ1) is 18.4. The molecule has 144 valence electrons. The van der Waals surface area contributed by atoms with E-state index in [2.05, 4.69) is 9.97 Å². The van der Waals surface area contributed by atoms with Crippen molar-refractivity contribution in [2.24, 2.45) is 7.05 Å². The van der Waals surface area contributed by atoms with Crippen molar-refractivity contribution < 1.29 is 14.3 Å². The first-order valence-corrected chi connectivity index (χ1v) is 8.97. The number of aryl methyl sites for hydroxylation is 1. The molecule has 0 saturated heterocycles. The lowest BCUT2D eigenvalue weighted by Crippen LogP contribution is -2.17. The number of Topliss-reactive ketones (excluding diaryl/α,β-unsaturated/α-hetero) is 1. The lowest BCUT2D eigenvalue weighted by atomic mass is 10.0. The molecule has 2 aromatic carbocycles. The van der Waals surface area contributed by atoms with E-state index in [1.165, 1.54) is 12.4 Å². The number of esters is 1. The minimum absolute atomic E-state index is 0.0416. The van der Waals surface area contributed by atoms with Crippen LogP contribution in [-0.4, -0.2) is 32.9 Å². The van der Waals surface area contributed by atoms with Gasteiger partial charge in [-0.1, -0.05) is 48.5 Å². The smallest absolute Gasteiger partial charge is 0.361 e. The van der Waals surface area contributed by atoms with Crippen molar-refractivity contribution in [3.63, 3.8) is 0 Å². The van der Waals surface area contributed by atoms with Gasteiger partial charge in [0.2, 0.25) is 5.78 Å². The van der Waals surface area contributed by atoms with Gasteiger partial charge in [-0.2, -0.15) is 0 Å². The van der Waals surface area contributed by atoms with Crippen molar-refractivity contribution in [3.8, 4) is 11.3 Å². The average Bonchev–Trinajstić information content (AvgIpc) is 3.05. The van der Waals surface area contributed by atoms with E-state index in [0.29, 0.717) is 5.56 Å². The number of nitrogen functional groups attached to an aromatic ring is 1. The number of anilines is 1. The van der Waals surface area contributed by atoms with Crippen LogP contribution in [0.15, 0.2) is 67.0 Å². The molecule has 4 rings (SSSR count). The second-order valence-electron chi connectivity index (χ2n) is 6.46. The maximum absolute atomic E-state index is 13.1. The summed E-state index contributed by atoms with van der Waals surface area (Å²) < 4.78 is 7.17. The van der Waals surface area contributed by atoms with Crippen molar-refractivity contribution in [2.45, 2.75) is 0 Å². The SMILES string of the molecule is Cn1c(-c2ccccc2)c(C(=O)COC(=O)c2nccnc2N)c2ccccc21. The predicted octanol–water partition coefficient (Wildman–Crippen LogP) is 3.26. The number of rotatable bonds is 5. The van der Waals surface area contributed by atoms with Crippen molar-refractivity contribution >= 4 is 28.5 Å². The first-order chi connectivity index (χ1) is 14.1. The highest BCUT2D eigenvalue weighted by Gasteiger charge is 2.24. The summed E-state index contributed by atoms with van der Waals surface area (Å²) in [5.74, 6) is -1.14. The zero-order valence-electron chi connectivity index (χ0n) is 15.7. The maximum atomic E-state index is 13.1. The lowest BCUT2D eigenvalue weighted by Gasteiger charge is -2.09. The van der Waals surface area contributed by atoms with Crippen LogP contribution in [0.2, 0.25) is 0 Å². The molecule has 0 atom stereocenters. The van der Waals surface area contributed by atoms with E-state index < -0.39 is 12.6 Å². The van der Waals surface area contributed by atoms with Gasteiger partial charge in [-0.3, -0.25) is 4.79 Å². The molecule has 0 aliphatic heterocycles. The van der Waals surface area contributed by atoms with Crippen LogP contribution in [0.1, 0.15) is 20.8 Å². The molecule has 0 unspecified atom stereocenters. The Labute approximate surface area is 166 Å². The third-order valence-corrected chi connectivity index (χ3v) is 4.69. The number of hydrogen-bond acceptors (Lipinski definition) is 6. The molecule has 29 heavy (non-hydrogen) atoms. The number of para-hydroxylation sites is 1. The van der Waals surface area contributed by atoms with Gasteiger partial charge in [-0.25, -0.2) is 14.8 Å². The third kappa shape index (κ3) is 3.34. The molecule has 2 N–H and O–H groups in total. The van der Waals surface area contributed by atoms with Crippen LogP contribution in [0.3, 0.4) is 0 Å². The fourth-order valence-corrected chi connectivity index (χ4v) is 3.39. The molecule has 4 aromatic rings. The quantitative estimate of drug-likeness (QED) is 0.417. The molecular formula is C22H18N4O3. The summed E-state index contributed by atoms with van der Waals surface area (Å²) in [7, 11) is 1.91. The minimum atomic E-state index is -0.787. The Hall–Kier alpha value is -4.00. The molecule has 0 saturated carbocycles.